The van der Waals surface area contributed by atoms with Gasteiger partial charge < -0.3 is 0 Å². The number of hydrogen-bond donors (Lipinski definition) is 2. The summed E-state index contributed by atoms with van der Waals surface area (Å²) in [5, 5.41) is 0. The summed E-state index contributed by atoms with van der Waals surface area (Å²) in [4.78, 5) is 0. The molecule has 0 saturated heterocycles. The molecule has 0 spiro atoms. The van der Waals surface area contributed by atoms with Crippen LogP contribution in [-0.4, -0.2) is 12.7 Å². The number of rotatable bonds is 6. The molecule has 62 valence electrons. The van der Waals surface area contributed by atoms with Gasteiger partial charge in [0.2, 0.25) is 0 Å². The molecule has 0 aromatic rings. The van der Waals surface area contributed by atoms with Gasteiger partial charge in [-0.2, -0.15) is 0 Å². The molecule has 0 rings (SSSR count). The van der Waals surface area contributed by atoms with Gasteiger partial charge >= 0.3 is 0 Å². The van der Waals surface area contributed by atoms with Gasteiger partial charge in [-0.3, -0.25) is 15.7 Å². The normalized spacial score (nSPS) is 13.5. The van der Waals surface area contributed by atoms with E-state index < -0.39 is 0 Å². The summed E-state index contributed by atoms with van der Waals surface area (Å²) in [6.07, 6.45) is 3.59. The Morgan fingerprint density at radius 3 is 2.60 bits per heavy atom. The standard InChI is InChI=1S/C7H17FN2/c1-2-7(10-9)5-3-4-6-8/h7,10H,2-6,9H2,1H3. The lowest BCUT2D eigenvalue weighted by Gasteiger charge is -2.11. The number of unbranched alkanes of at least 4 members (excludes halogenated alkanes) is 1. The van der Waals surface area contributed by atoms with E-state index in [4.69, 9.17) is 5.84 Å². The maximum Gasteiger partial charge on any atom is 0.0894 e. The van der Waals surface area contributed by atoms with E-state index in [0.29, 0.717) is 12.5 Å². The Morgan fingerprint density at radius 2 is 2.20 bits per heavy atom. The van der Waals surface area contributed by atoms with Crippen molar-refractivity contribution in [2.45, 2.75) is 38.6 Å². The van der Waals surface area contributed by atoms with E-state index in [9.17, 15) is 4.39 Å². The molecule has 0 bridgehead atoms. The second-order valence-electron chi connectivity index (χ2n) is 2.46. The van der Waals surface area contributed by atoms with Crippen molar-refractivity contribution in [2.75, 3.05) is 6.67 Å². The summed E-state index contributed by atoms with van der Waals surface area (Å²) in [5.41, 5.74) is 2.69. The summed E-state index contributed by atoms with van der Waals surface area (Å²) in [5.74, 6) is 5.22. The molecule has 0 radical (unpaired) electrons. The van der Waals surface area contributed by atoms with E-state index in [1.54, 1.807) is 0 Å². The Balaban J connectivity index is 3.09. The van der Waals surface area contributed by atoms with Crippen molar-refractivity contribution in [3.8, 4) is 0 Å². The van der Waals surface area contributed by atoms with Crippen LogP contribution in [0.2, 0.25) is 0 Å². The molecule has 0 aromatic carbocycles. The van der Waals surface area contributed by atoms with Crippen LogP contribution in [0.25, 0.3) is 0 Å². The maximum absolute atomic E-state index is 11.6. The number of nitrogens with two attached hydrogens (primary N) is 1. The Kier molecular flexibility index (Phi) is 6.86. The second-order valence-corrected chi connectivity index (χ2v) is 2.46. The zero-order valence-electron chi connectivity index (χ0n) is 6.57. The van der Waals surface area contributed by atoms with Gasteiger partial charge in [0.15, 0.2) is 0 Å². The van der Waals surface area contributed by atoms with Gasteiger partial charge in [-0.1, -0.05) is 6.92 Å². The Labute approximate surface area is 62.0 Å². The largest absolute Gasteiger partial charge is 0.271 e. The van der Waals surface area contributed by atoms with Crippen LogP contribution in [0.4, 0.5) is 4.39 Å². The number of hydrazine groups is 1. The molecule has 0 aliphatic heterocycles. The highest BCUT2D eigenvalue weighted by atomic mass is 19.1. The van der Waals surface area contributed by atoms with Crippen LogP contribution in [-0.2, 0) is 0 Å². The molecular weight excluding hydrogens is 131 g/mol. The van der Waals surface area contributed by atoms with E-state index in [1.807, 2.05) is 0 Å². The van der Waals surface area contributed by atoms with Crippen molar-refractivity contribution in [3.63, 3.8) is 0 Å². The lowest BCUT2D eigenvalue weighted by molar-refractivity contribution is 0.416. The fourth-order valence-corrected chi connectivity index (χ4v) is 0.891. The smallest absolute Gasteiger partial charge is 0.0894 e. The van der Waals surface area contributed by atoms with Gasteiger partial charge in [-0.15, -0.1) is 0 Å². The van der Waals surface area contributed by atoms with Crippen LogP contribution in [0, 0.1) is 0 Å². The zero-order valence-corrected chi connectivity index (χ0v) is 6.57. The average molecular weight is 148 g/mol. The molecular formula is C7H17FN2. The average Bonchev–Trinajstić information content (AvgIpc) is 1.99. The Morgan fingerprint density at radius 1 is 1.50 bits per heavy atom. The Hall–Kier alpha value is -0.150. The Bertz CT molecular complexity index is 64.6. The van der Waals surface area contributed by atoms with Crippen LogP contribution in [0.5, 0.6) is 0 Å². The zero-order chi connectivity index (χ0) is 7.82. The predicted octanol–water partition coefficient (Wildman–Crippen LogP) is 1.37. The molecule has 3 heteroatoms. The molecule has 0 aromatic heterocycles. The molecule has 2 nitrogen and oxygen atoms in total. The highest BCUT2D eigenvalue weighted by Crippen LogP contribution is 2.02. The van der Waals surface area contributed by atoms with Crippen LogP contribution in [0.15, 0.2) is 0 Å². The first-order valence-electron chi connectivity index (χ1n) is 3.87. The summed E-state index contributed by atoms with van der Waals surface area (Å²) in [7, 11) is 0. The second kappa shape index (κ2) is 6.96. The molecule has 0 aliphatic rings. The molecule has 3 N–H and O–H groups in total. The lowest BCUT2D eigenvalue weighted by Crippen LogP contribution is -2.34. The third-order valence-electron chi connectivity index (χ3n) is 1.66. The highest BCUT2D eigenvalue weighted by Gasteiger charge is 2.01. The molecule has 0 saturated carbocycles. The van der Waals surface area contributed by atoms with Gasteiger partial charge in [0.05, 0.1) is 6.67 Å². The third-order valence-corrected chi connectivity index (χ3v) is 1.66. The summed E-state index contributed by atoms with van der Waals surface area (Å²) < 4.78 is 11.6. The first kappa shape index (κ1) is 9.85. The quantitative estimate of drug-likeness (QED) is 0.339. The van der Waals surface area contributed by atoms with Crippen molar-refractivity contribution in [1.82, 2.24) is 5.43 Å². The molecule has 0 aliphatic carbocycles. The monoisotopic (exact) mass is 148 g/mol. The van der Waals surface area contributed by atoms with E-state index >= 15 is 0 Å². The molecule has 0 amide bonds. The van der Waals surface area contributed by atoms with E-state index in [0.717, 1.165) is 19.3 Å². The fraction of sp³-hybridized carbons (Fsp3) is 1.00. The number of alkyl halides is 1. The summed E-state index contributed by atoms with van der Waals surface area (Å²) in [6, 6.07) is 0.367. The summed E-state index contributed by atoms with van der Waals surface area (Å²) in [6.45, 7) is 1.86. The SMILES string of the molecule is CCC(CCCCF)NN. The van der Waals surface area contributed by atoms with Gasteiger partial charge in [-0.05, 0) is 25.7 Å². The number of halogens is 1. The number of nitrogens with one attached hydrogen (secondary N) is 1. The van der Waals surface area contributed by atoms with Crippen molar-refractivity contribution in [2.24, 2.45) is 5.84 Å². The first-order chi connectivity index (χ1) is 4.85. The minimum atomic E-state index is -0.207. The van der Waals surface area contributed by atoms with Crippen LogP contribution in [0.3, 0.4) is 0 Å². The third kappa shape index (κ3) is 4.70. The predicted molar refractivity (Wildman–Crippen MR) is 41.2 cm³/mol. The maximum atomic E-state index is 11.6. The van der Waals surface area contributed by atoms with Crippen molar-refractivity contribution >= 4 is 0 Å². The first-order valence-corrected chi connectivity index (χ1v) is 3.87. The molecule has 0 heterocycles. The number of hydrogen-bond acceptors (Lipinski definition) is 2. The van der Waals surface area contributed by atoms with Gasteiger partial charge in [0, 0.05) is 6.04 Å². The molecule has 1 unspecified atom stereocenters. The molecule has 10 heavy (non-hydrogen) atoms. The van der Waals surface area contributed by atoms with Crippen molar-refractivity contribution < 1.29 is 4.39 Å². The fourth-order valence-electron chi connectivity index (χ4n) is 0.891. The van der Waals surface area contributed by atoms with Crippen molar-refractivity contribution in [1.29, 1.82) is 0 Å². The van der Waals surface area contributed by atoms with Gasteiger partial charge in [0.25, 0.3) is 0 Å². The minimum Gasteiger partial charge on any atom is -0.271 e. The lowest BCUT2D eigenvalue weighted by atomic mass is 10.1. The van der Waals surface area contributed by atoms with Gasteiger partial charge in [-0.25, -0.2) is 0 Å². The van der Waals surface area contributed by atoms with Crippen molar-refractivity contribution in [3.05, 3.63) is 0 Å². The van der Waals surface area contributed by atoms with E-state index in [-0.39, 0.29) is 6.67 Å². The van der Waals surface area contributed by atoms with Crippen LogP contribution in [0.1, 0.15) is 32.6 Å². The highest BCUT2D eigenvalue weighted by molar-refractivity contribution is 4.59. The van der Waals surface area contributed by atoms with Crippen LogP contribution < -0.4 is 11.3 Å². The molecule has 1 atom stereocenters. The van der Waals surface area contributed by atoms with Gasteiger partial charge in [0.1, 0.15) is 0 Å². The van der Waals surface area contributed by atoms with E-state index in [1.165, 1.54) is 0 Å². The van der Waals surface area contributed by atoms with E-state index in [2.05, 4.69) is 12.3 Å². The molecule has 0 fully saturated rings. The topological polar surface area (TPSA) is 38.0 Å². The van der Waals surface area contributed by atoms with Crippen LogP contribution >= 0.6 is 0 Å². The minimum absolute atomic E-state index is 0.207. The summed E-state index contributed by atoms with van der Waals surface area (Å²) >= 11 is 0.